The normalized spacial score (nSPS) is 13.9. The number of morpholine rings is 1. The summed E-state index contributed by atoms with van der Waals surface area (Å²) < 4.78 is 10.9. The molecule has 1 heterocycles. The van der Waals surface area contributed by atoms with Crippen LogP contribution < -0.4 is 10.2 Å². The number of nitro benzene ring substituents is 1. The van der Waals surface area contributed by atoms with E-state index in [2.05, 4.69) is 5.32 Å². The summed E-state index contributed by atoms with van der Waals surface area (Å²) in [4.78, 5) is 25.7. The van der Waals surface area contributed by atoms with Crippen molar-refractivity contribution >= 4 is 17.3 Å². The molecule has 0 saturated carbocycles. The molecule has 29 heavy (non-hydrogen) atoms. The van der Waals surface area contributed by atoms with Crippen molar-refractivity contribution in [2.24, 2.45) is 0 Å². The maximum Gasteiger partial charge on any atom is 0.270 e. The van der Waals surface area contributed by atoms with Crippen LogP contribution in [-0.2, 0) is 22.6 Å². The molecule has 1 N–H and O–H groups in total. The number of rotatable bonds is 8. The summed E-state index contributed by atoms with van der Waals surface area (Å²) in [5, 5.41) is 14.1. The maximum absolute atomic E-state index is 13.0. The van der Waals surface area contributed by atoms with Gasteiger partial charge >= 0.3 is 0 Å². The molecule has 154 valence electrons. The van der Waals surface area contributed by atoms with Crippen molar-refractivity contribution in [3.05, 3.63) is 69.3 Å². The first-order valence-corrected chi connectivity index (χ1v) is 9.64. The fourth-order valence-electron chi connectivity index (χ4n) is 3.25. The Labute approximate surface area is 169 Å². The highest BCUT2D eigenvalue weighted by Gasteiger charge is 2.22. The first-order valence-electron chi connectivity index (χ1n) is 9.64. The molecular weight excluding hydrogens is 374 g/mol. The molecule has 1 amide bonds. The topological polar surface area (TPSA) is 93.9 Å². The molecule has 0 spiro atoms. The molecule has 1 fully saturated rings. The van der Waals surface area contributed by atoms with Gasteiger partial charge in [-0.3, -0.25) is 14.9 Å². The van der Waals surface area contributed by atoms with Crippen LogP contribution in [0.15, 0.2) is 42.5 Å². The van der Waals surface area contributed by atoms with Crippen LogP contribution in [0.1, 0.15) is 28.4 Å². The minimum absolute atomic E-state index is 0.107. The number of benzene rings is 2. The van der Waals surface area contributed by atoms with Gasteiger partial charge in [-0.2, -0.15) is 0 Å². The SMILES string of the molecule is CCOCc1ccccc1CNC(=O)c1cc([N+](=O)[O-])ccc1N1CCOCC1. The van der Waals surface area contributed by atoms with E-state index in [9.17, 15) is 14.9 Å². The van der Waals surface area contributed by atoms with Crippen molar-refractivity contribution in [3.63, 3.8) is 0 Å². The van der Waals surface area contributed by atoms with E-state index in [1.165, 1.54) is 12.1 Å². The minimum atomic E-state index is -0.489. The number of nitro groups is 1. The van der Waals surface area contributed by atoms with Gasteiger partial charge in [-0.1, -0.05) is 24.3 Å². The average Bonchev–Trinajstić information content (AvgIpc) is 2.76. The van der Waals surface area contributed by atoms with Gasteiger partial charge in [-0.25, -0.2) is 0 Å². The van der Waals surface area contributed by atoms with Crippen molar-refractivity contribution in [3.8, 4) is 0 Å². The van der Waals surface area contributed by atoms with Gasteiger partial charge in [0.2, 0.25) is 0 Å². The van der Waals surface area contributed by atoms with Crippen molar-refractivity contribution in [1.82, 2.24) is 5.32 Å². The molecule has 2 aromatic rings. The van der Waals surface area contributed by atoms with Crippen LogP contribution >= 0.6 is 0 Å². The summed E-state index contributed by atoms with van der Waals surface area (Å²) in [7, 11) is 0. The highest BCUT2D eigenvalue weighted by molar-refractivity contribution is 6.00. The second-order valence-corrected chi connectivity index (χ2v) is 6.65. The number of hydrogen-bond acceptors (Lipinski definition) is 6. The summed E-state index contributed by atoms with van der Waals surface area (Å²) in [5.41, 5.74) is 2.82. The number of carbonyl (C=O) groups excluding carboxylic acids is 1. The van der Waals surface area contributed by atoms with E-state index in [0.717, 1.165) is 11.1 Å². The standard InChI is InChI=1S/C21H25N3O5/c1-2-28-15-17-6-4-3-5-16(17)14-22-21(25)19-13-18(24(26)27)7-8-20(19)23-9-11-29-12-10-23/h3-8,13H,2,9-12,14-15H2,1H3,(H,22,25). The van der Waals surface area contributed by atoms with E-state index < -0.39 is 4.92 Å². The summed E-state index contributed by atoms with van der Waals surface area (Å²) in [6.07, 6.45) is 0. The zero-order chi connectivity index (χ0) is 20.6. The second-order valence-electron chi connectivity index (χ2n) is 6.65. The third kappa shape index (κ3) is 5.30. The van der Waals surface area contributed by atoms with Crippen LogP contribution in [0.5, 0.6) is 0 Å². The maximum atomic E-state index is 13.0. The zero-order valence-electron chi connectivity index (χ0n) is 16.4. The highest BCUT2D eigenvalue weighted by Crippen LogP contribution is 2.26. The van der Waals surface area contributed by atoms with Crippen LogP contribution in [0, 0.1) is 10.1 Å². The number of amides is 1. The first-order chi connectivity index (χ1) is 14.1. The molecule has 0 aliphatic carbocycles. The molecule has 0 aromatic heterocycles. The predicted octanol–water partition coefficient (Wildman–Crippen LogP) is 2.90. The van der Waals surface area contributed by atoms with Gasteiger partial charge in [-0.05, 0) is 24.1 Å². The predicted molar refractivity (Wildman–Crippen MR) is 109 cm³/mol. The number of anilines is 1. The molecule has 0 radical (unpaired) electrons. The van der Waals surface area contributed by atoms with Crippen molar-refractivity contribution in [2.75, 3.05) is 37.8 Å². The van der Waals surface area contributed by atoms with Gasteiger partial charge in [0.25, 0.3) is 11.6 Å². The lowest BCUT2D eigenvalue weighted by Gasteiger charge is -2.30. The molecule has 3 rings (SSSR count). The number of non-ortho nitro benzene ring substituents is 1. The van der Waals surface area contributed by atoms with Gasteiger partial charge < -0.3 is 19.7 Å². The number of ether oxygens (including phenoxy) is 2. The van der Waals surface area contributed by atoms with Crippen LogP contribution in [0.4, 0.5) is 11.4 Å². The van der Waals surface area contributed by atoms with Gasteiger partial charge in [0.05, 0.1) is 36.0 Å². The van der Waals surface area contributed by atoms with E-state index in [-0.39, 0.29) is 11.6 Å². The number of nitrogens with zero attached hydrogens (tertiary/aromatic N) is 2. The van der Waals surface area contributed by atoms with Gasteiger partial charge in [0.1, 0.15) is 0 Å². The molecule has 1 aliphatic rings. The monoisotopic (exact) mass is 399 g/mol. The summed E-state index contributed by atoms with van der Waals surface area (Å²) in [5.74, 6) is -0.346. The Morgan fingerprint density at radius 3 is 2.62 bits per heavy atom. The van der Waals surface area contributed by atoms with Gasteiger partial charge in [0, 0.05) is 38.4 Å². The second kappa shape index (κ2) is 9.99. The number of hydrogen-bond donors (Lipinski definition) is 1. The average molecular weight is 399 g/mol. The molecule has 2 aromatic carbocycles. The molecular formula is C21H25N3O5. The Morgan fingerprint density at radius 2 is 1.93 bits per heavy atom. The van der Waals surface area contributed by atoms with Crippen LogP contribution in [0.2, 0.25) is 0 Å². The van der Waals surface area contributed by atoms with E-state index in [1.807, 2.05) is 36.1 Å². The minimum Gasteiger partial charge on any atom is -0.378 e. The van der Waals surface area contributed by atoms with Crippen molar-refractivity contribution in [2.45, 2.75) is 20.1 Å². The lowest BCUT2D eigenvalue weighted by Crippen LogP contribution is -2.38. The lowest BCUT2D eigenvalue weighted by atomic mass is 10.1. The number of nitrogens with one attached hydrogen (secondary N) is 1. The Kier molecular flexibility index (Phi) is 7.15. The van der Waals surface area contributed by atoms with Crippen LogP contribution in [-0.4, -0.2) is 43.7 Å². The largest absolute Gasteiger partial charge is 0.378 e. The molecule has 8 heteroatoms. The summed E-state index contributed by atoms with van der Waals surface area (Å²) in [6, 6.07) is 12.1. The third-order valence-electron chi connectivity index (χ3n) is 4.81. The summed E-state index contributed by atoms with van der Waals surface area (Å²) in [6.45, 7) is 5.71. The molecule has 0 bridgehead atoms. The Hall–Kier alpha value is -2.97. The highest BCUT2D eigenvalue weighted by atomic mass is 16.6. The van der Waals surface area contributed by atoms with Crippen LogP contribution in [0.3, 0.4) is 0 Å². The third-order valence-corrected chi connectivity index (χ3v) is 4.81. The van der Waals surface area contributed by atoms with Crippen molar-refractivity contribution in [1.29, 1.82) is 0 Å². The zero-order valence-corrected chi connectivity index (χ0v) is 16.4. The Bertz CT molecular complexity index is 865. The quantitative estimate of drug-likeness (QED) is 0.542. The molecule has 1 aliphatic heterocycles. The van der Waals surface area contributed by atoms with E-state index >= 15 is 0 Å². The Balaban J connectivity index is 1.80. The molecule has 0 unspecified atom stereocenters. The Morgan fingerprint density at radius 1 is 1.21 bits per heavy atom. The molecule has 8 nitrogen and oxygen atoms in total. The fourth-order valence-corrected chi connectivity index (χ4v) is 3.25. The van der Waals surface area contributed by atoms with Gasteiger partial charge in [0.15, 0.2) is 0 Å². The van der Waals surface area contributed by atoms with Crippen LogP contribution in [0.25, 0.3) is 0 Å². The van der Waals surface area contributed by atoms with E-state index in [1.54, 1.807) is 6.07 Å². The molecule has 1 saturated heterocycles. The smallest absolute Gasteiger partial charge is 0.270 e. The lowest BCUT2D eigenvalue weighted by molar-refractivity contribution is -0.384. The van der Waals surface area contributed by atoms with Crippen molar-refractivity contribution < 1.29 is 19.2 Å². The van der Waals surface area contributed by atoms with E-state index in [0.29, 0.717) is 57.3 Å². The van der Waals surface area contributed by atoms with Gasteiger partial charge in [-0.15, -0.1) is 0 Å². The summed E-state index contributed by atoms with van der Waals surface area (Å²) >= 11 is 0. The first kappa shape index (κ1) is 20.8. The molecule has 0 atom stereocenters. The fraction of sp³-hybridized carbons (Fsp3) is 0.381. The number of carbonyl (C=O) groups is 1. The van der Waals surface area contributed by atoms with E-state index in [4.69, 9.17) is 9.47 Å².